The smallest absolute Gasteiger partial charge is 0.243 e. The fourth-order valence-corrected chi connectivity index (χ4v) is 4.79. The summed E-state index contributed by atoms with van der Waals surface area (Å²) in [6, 6.07) is 13.2. The van der Waals surface area contributed by atoms with Gasteiger partial charge in [0.05, 0.1) is 10.9 Å². The summed E-state index contributed by atoms with van der Waals surface area (Å²) in [6.07, 6.45) is -0.628. The topological polar surface area (TPSA) is 37.4 Å². The minimum Gasteiger partial charge on any atom is -0.247 e. The average Bonchev–Trinajstić information content (AvgIpc) is 2.55. The number of alkyl halides is 1. The summed E-state index contributed by atoms with van der Waals surface area (Å²) in [5.74, 6) is 0. The number of hydrogen-bond acceptors (Lipinski definition) is 2. The van der Waals surface area contributed by atoms with Crippen LogP contribution in [0.3, 0.4) is 0 Å². The lowest BCUT2D eigenvalue weighted by Crippen LogP contribution is -2.41. The van der Waals surface area contributed by atoms with Crippen LogP contribution in [0.2, 0.25) is 5.02 Å². The summed E-state index contributed by atoms with van der Waals surface area (Å²) in [6.45, 7) is 2.08. The Balaban J connectivity index is 1.99. The van der Waals surface area contributed by atoms with E-state index in [0.717, 1.165) is 11.1 Å². The van der Waals surface area contributed by atoms with Crippen molar-refractivity contribution in [2.75, 3.05) is 6.54 Å². The second kappa shape index (κ2) is 6.82. The summed E-state index contributed by atoms with van der Waals surface area (Å²) in [7, 11) is -3.68. The van der Waals surface area contributed by atoms with Crippen LogP contribution in [0.4, 0.5) is 4.39 Å². The first kappa shape index (κ1) is 17.4. The van der Waals surface area contributed by atoms with Gasteiger partial charge >= 0.3 is 0 Å². The van der Waals surface area contributed by atoms with Crippen molar-refractivity contribution in [2.24, 2.45) is 0 Å². The van der Waals surface area contributed by atoms with Crippen LogP contribution in [-0.2, 0) is 10.0 Å². The summed E-state index contributed by atoms with van der Waals surface area (Å²) in [4.78, 5) is 0.240. The van der Waals surface area contributed by atoms with E-state index in [0.29, 0.717) is 5.02 Å². The molecule has 128 valence electrons. The van der Waals surface area contributed by atoms with E-state index in [1.54, 1.807) is 48.5 Å². The van der Waals surface area contributed by atoms with Crippen molar-refractivity contribution >= 4 is 21.6 Å². The highest BCUT2D eigenvalue weighted by molar-refractivity contribution is 7.89. The number of aryl methyl sites for hydroxylation is 1. The average molecular weight is 368 g/mol. The standard InChI is InChI=1S/C18H19ClFNO2S/c1-13-2-8-17(9-3-13)24(22,23)21-11-10-16(20)12-18(21)14-4-6-15(19)7-5-14/h2-9,16,18H,10-12H2,1H3/t16-,18+/m0/s1. The van der Waals surface area contributed by atoms with Gasteiger partial charge in [-0.2, -0.15) is 4.31 Å². The van der Waals surface area contributed by atoms with Gasteiger partial charge in [0.25, 0.3) is 0 Å². The molecule has 24 heavy (non-hydrogen) atoms. The largest absolute Gasteiger partial charge is 0.247 e. The zero-order valence-electron chi connectivity index (χ0n) is 13.3. The first-order valence-corrected chi connectivity index (χ1v) is 9.68. The van der Waals surface area contributed by atoms with Gasteiger partial charge in [-0.15, -0.1) is 0 Å². The van der Waals surface area contributed by atoms with E-state index in [1.165, 1.54) is 4.31 Å². The molecule has 1 aliphatic heterocycles. The third-order valence-electron chi connectivity index (χ3n) is 4.37. The molecule has 0 radical (unpaired) electrons. The van der Waals surface area contributed by atoms with Gasteiger partial charge in [0, 0.05) is 11.6 Å². The quantitative estimate of drug-likeness (QED) is 0.800. The van der Waals surface area contributed by atoms with E-state index in [2.05, 4.69) is 0 Å². The molecule has 2 aromatic carbocycles. The highest BCUT2D eigenvalue weighted by Gasteiger charge is 2.37. The van der Waals surface area contributed by atoms with E-state index in [1.807, 2.05) is 6.92 Å². The minimum absolute atomic E-state index is 0.159. The Bertz CT molecular complexity index is 806. The summed E-state index contributed by atoms with van der Waals surface area (Å²) < 4.78 is 41.4. The second-order valence-corrected chi connectivity index (χ2v) is 8.44. The Morgan fingerprint density at radius 1 is 1.08 bits per heavy atom. The van der Waals surface area contributed by atoms with Crippen LogP contribution >= 0.6 is 11.6 Å². The predicted molar refractivity (Wildman–Crippen MR) is 93.4 cm³/mol. The lowest BCUT2D eigenvalue weighted by atomic mass is 9.96. The van der Waals surface area contributed by atoms with Gasteiger partial charge in [-0.25, -0.2) is 12.8 Å². The molecule has 0 amide bonds. The van der Waals surface area contributed by atoms with Gasteiger partial charge in [-0.3, -0.25) is 0 Å². The van der Waals surface area contributed by atoms with Gasteiger partial charge < -0.3 is 0 Å². The minimum atomic E-state index is -3.68. The van der Waals surface area contributed by atoms with E-state index in [-0.39, 0.29) is 24.3 Å². The van der Waals surface area contributed by atoms with Crippen LogP contribution in [0.25, 0.3) is 0 Å². The molecule has 3 nitrogen and oxygen atoms in total. The van der Waals surface area contributed by atoms with Gasteiger partial charge in [0.15, 0.2) is 0 Å². The number of benzene rings is 2. The normalized spacial score (nSPS) is 22.5. The lowest BCUT2D eigenvalue weighted by Gasteiger charge is -2.36. The summed E-state index contributed by atoms with van der Waals surface area (Å²) in [5, 5.41) is 0.569. The third kappa shape index (κ3) is 3.48. The number of nitrogens with zero attached hydrogens (tertiary/aromatic N) is 1. The predicted octanol–water partition coefficient (Wildman–Crippen LogP) is 4.51. The van der Waals surface area contributed by atoms with E-state index in [4.69, 9.17) is 11.6 Å². The zero-order valence-corrected chi connectivity index (χ0v) is 14.9. The Kier molecular flexibility index (Phi) is 4.95. The molecule has 0 aliphatic carbocycles. The molecule has 0 unspecified atom stereocenters. The Morgan fingerprint density at radius 3 is 2.33 bits per heavy atom. The Morgan fingerprint density at radius 2 is 1.71 bits per heavy atom. The van der Waals surface area contributed by atoms with Crippen molar-refractivity contribution in [3.05, 3.63) is 64.7 Å². The van der Waals surface area contributed by atoms with Crippen molar-refractivity contribution in [3.63, 3.8) is 0 Å². The molecule has 0 saturated carbocycles. The van der Waals surface area contributed by atoms with E-state index >= 15 is 0 Å². The van der Waals surface area contributed by atoms with Crippen molar-refractivity contribution in [2.45, 2.75) is 36.9 Å². The number of piperidine rings is 1. The maximum atomic E-state index is 14.0. The molecule has 6 heteroatoms. The van der Waals surface area contributed by atoms with Crippen molar-refractivity contribution < 1.29 is 12.8 Å². The van der Waals surface area contributed by atoms with Gasteiger partial charge in [0.2, 0.25) is 10.0 Å². The molecule has 0 bridgehead atoms. The zero-order chi connectivity index (χ0) is 17.3. The molecule has 0 aromatic heterocycles. The second-order valence-electron chi connectivity index (χ2n) is 6.12. The SMILES string of the molecule is Cc1ccc(S(=O)(=O)N2CC[C@H](F)C[C@@H]2c2ccc(Cl)cc2)cc1. The molecular formula is C18H19ClFNO2S. The third-order valence-corrected chi connectivity index (χ3v) is 6.55. The van der Waals surface area contributed by atoms with Crippen LogP contribution < -0.4 is 0 Å². The van der Waals surface area contributed by atoms with Crippen molar-refractivity contribution in [3.8, 4) is 0 Å². The van der Waals surface area contributed by atoms with Crippen LogP contribution in [0.1, 0.15) is 30.0 Å². The lowest BCUT2D eigenvalue weighted by molar-refractivity contribution is 0.156. The van der Waals surface area contributed by atoms with Crippen LogP contribution in [0.5, 0.6) is 0 Å². The summed E-state index contributed by atoms with van der Waals surface area (Å²) in [5.41, 5.74) is 1.75. The molecule has 1 fully saturated rings. The van der Waals surface area contributed by atoms with Gasteiger partial charge in [0.1, 0.15) is 6.17 Å². The van der Waals surface area contributed by atoms with E-state index < -0.39 is 22.2 Å². The first-order valence-electron chi connectivity index (χ1n) is 7.86. The van der Waals surface area contributed by atoms with Crippen LogP contribution in [0.15, 0.2) is 53.4 Å². The highest BCUT2D eigenvalue weighted by atomic mass is 35.5. The maximum Gasteiger partial charge on any atom is 0.243 e. The van der Waals surface area contributed by atoms with E-state index in [9.17, 15) is 12.8 Å². The number of sulfonamides is 1. The Labute approximate surface area is 147 Å². The molecule has 0 N–H and O–H groups in total. The molecule has 1 saturated heterocycles. The molecule has 3 rings (SSSR count). The molecule has 2 atom stereocenters. The fraction of sp³-hybridized carbons (Fsp3) is 0.333. The molecule has 1 aliphatic rings. The van der Waals surface area contributed by atoms with Crippen molar-refractivity contribution in [1.29, 1.82) is 0 Å². The monoisotopic (exact) mass is 367 g/mol. The van der Waals surface area contributed by atoms with Gasteiger partial charge in [-0.1, -0.05) is 41.4 Å². The number of hydrogen-bond donors (Lipinski definition) is 0. The summed E-state index contributed by atoms with van der Waals surface area (Å²) >= 11 is 5.91. The van der Waals surface area contributed by atoms with Crippen LogP contribution in [0, 0.1) is 6.92 Å². The highest BCUT2D eigenvalue weighted by Crippen LogP contribution is 2.37. The Hall–Kier alpha value is -1.43. The molecular weight excluding hydrogens is 349 g/mol. The molecule has 0 spiro atoms. The first-order chi connectivity index (χ1) is 11.4. The number of halogens is 2. The number of rotatable bonds is 3. The van der Waals surface area contributed by atoms with Crippen molar-refractivity contribution in [1.82, 2.24) is 4.31 Å². The molecule has 2 aromatic rings. The molecule has 1 heterocycles. The van der Waals surface area contributed by atoms with Gasteiger partial charge in [-0.05, 0) is 49.6 Å². The van der Waals surface area contributed by atoms with Crippen LogP contribution in [-0.4, -0.2) is 25.4 Å². The fourth-order valence-electron chi connectivity index (χ4n) is 3.02. The maximum absolute atomic E-state index is 14.0.